The highest BCUT2D eigenvalue weighted by atomic mass is 16.3. The number of rotatable bonds is 2. The van der Waals surface area contributed by atoms with Crippen LogP contribution in [0, 0.1) is 0 Å². The van der Waals surface area contributed by atoms with Crippen molar-refractivity contribution in [3.8, 4) is 0 Å². The second-order valence-corrected chi connectivity index (χ2v) is 2.50. The first-order valence-electron chi connectivity index (χ1n) is 3.34. The second kappa shape index (κ2) is 3.15. The van der Waals surface area contributed by atoms with Gasteiger partial charge in [0.2, 0.25) is 0 Å². The number of nitrogens with one attached hydrogen (secondary N) is 1. The van der Waals surface area contributed by atoms with Crippen LogP contribution in [0.1, 0.15) is 12.8 Å². The van der Waals surface area contributed by atoms with Crippen LogP contribution in [0.3, 0.4) is 0 Å². The Morgan fingerprint density at radius 3 is 1.78 bits per heavy atom. The van der Waals surface area contributed by atoms with Gasteiger partial charge in [0.05, 0.1) is 13.2 Å². The zero-order valence-corrected chi connectivity index (χ0v) is 5.38. The summed E-state index contributed by atoms with van der Waals surface area (Å²) in [5.74, 6) is 0. The zero-order valence-electron chi connectivity index (χ0n) is 5.38. The normalized spacial score (nSPS) is 35.3. The van der Waals surface area contributed by atoms with E-state index in [4.69, 9.17) is 10.2 Å². The molecule has 3 heteroatoms. The van der Waals surface area contributed by atoms with Crippen molar-refractivity contribution in [1.82, 2.24) is 5.32 Å². The molecule has 9 heavy (non-hydrogen) atoms. The van der Waals surface area contributed by atoms with E-state index in [0.29, 0.717) is 0 Å². The van der Waals surface area contributed by atoms with E-state index < -0.39 is 0 Å². The largest absolute Gasteiger partial charge is 0.395 e. The molecule has 0 unspecified atom stereocenters. The highest BCUT2D eigenvalue weighted by Crippen LogP contribution is 2.10. The van der Waals surface area contributed by atoms with Crippen LogP contribution >= 0.6 is 0 Å². The molecule has 2 atom stereocenters. The molecular formula is C6H13NO2. The Morgan fingerprint density at radius 1 is 1.11 bits per heavy atom. The molecule has 0 aromatic carbocycles. The Kier molecular flexibility index (Phi) is 2.45. The van der Waals surface area contributed by atoms with Crippen molar-refractivity contribution in [3.05, 3.63) is 0 Å². The average Bonchev–Trinajstić information content (AvgIpc) is 2.34. The molecule has 3 N–H and O–H groups in total. The summed E-state index contributed by atoms with van der Waals surface area (Å²) in [5, 5.41) is 20.4. The van der Waals surface area contributed by atoms with E-state index in [0.717, 1.165) is 12.8 Å². The first-order valence-corrected chi connectivity index (χ1v) is 3.34. The zero-order chi connectivity index (χ0) is 6.69. The Morgan fingerprint density at radius 2 is 1.56 bits per heavy atom. The molecule has 1 fully saturated rings. The molecule has 1 rings (SSSR count). The minimum absolute atomic E-state index is 0.191. The van der Waals surface area contributed by atoms with Crippen LogP contribution in [-0.4, -0.2) is 35.5 Å². The van der Waals surface area contributed by atoms with Gasteiger partial charge in [-0.05, 0) is 12.8 Å². The molecule has 0 radical (unpaired) electrons. The monoisotopic (exact) mass is 131 g/mol. The molecule has 54 valence electrons. The van der Waals surface area contributed by atoms with Gasteiger partial charge in [0, 0.05) is 12.1 Å². The summed E-state index contributed by atoms with van der Waals surface area (Å²) in [6, 6.07) is 0.448. The fraction of sp³-hybridized carbons (Fsp3) is 1.00. The van der Waals surface area contributed by atoms with Gasteiger partial charge in [0.25, 0.3) is 0 Å². The van der Waals surface area contributed by atoms with Crippen LogP contribution in [-0.2, 0) is 0 Å². The van der Waals surface area contributed by atoms with Crippen molar-refractivity contribution in [2.45, 2.75) is 24.9 Å². The number of hydrogen-bond donors (Lipinski definition) is 3. The summed E-state index contributed by atoms with van der Waals surface area (Å²) in [5.41, 5.74) is 0. The fourth-order valence-corrected chi connectivity index (χ4v) is 1.19. The fourth-order valence-electron chi connectivity index (χ4n) is 1.19. The number of aliphatic hydroxyl groups is 2. The van der Waals surface area contributed by atoms with Crippen LogP contribution in [0.15, 0.2) is 0 Å². The van der Waals surface area contributed by atoms with Gasteiger partial charge in [-0.3, -0.25) is 0 Å². The van der Waals surface area contributed by atoms with Gasteiger partial charge in [-0.2, -0.15) is 0 Å². The van der Waals surface area contributed by atoms with Crippen LogP contribution in [0.25, 0.3) is 0 Å². The molecular weight excluding hydrogens is 118 g/mol. The van der Waals surface area contributed by atoms with Crippen LogP contribution in [0.2, 0.25) is 0 Å². The number of hydrogen-bond acceptors (Lipinski definition) is 3. The SMILES string of the molecule is OC[C@H]1CC[C@H](CO)N1. The van der Waals surface area contributed by atoms with Crippen molar-refractivity contribution < 1.29 is 10.2 Å². The summed E-state index contributed by atoms with van der Waals surface area (Å²) in [6.45, 7) is 0.382. The first-order chi connectivity index (χ1) is 4.36. The topological polar surface area (TPSA) is 52.5 Å². The molecule has 0 amide bonds. The van der Waals surface area contributed by atoms with E-state index in [1.807, 2.05) is 0 Å². The Hall–Kier alpha value is -0.120. The lowest BCUT2D eigenvalue weighted by Crippen LogP contribution is -2.33. The maximum absolute atomic E-state index is 8.64. The summed E-state index contributed by atoms with van der Waals surface area (Å²) in [6.07, 6.45) is 1.98. The van der Waals surface area contributed by atoms with Crippen LogP contribution in [0.4, 0.5) is 0 Å². The third kappa shape index (κ3) is 1.64. The van der Waals surface area contributed by atoms with E-state index in [1.54, 1.807) is 0 Å². The maximum Gasteiger partial charge on any atom is 0.0584 e. The highest BCUT2D eigenvalue weighted by molar-refractivity contribution is 4.81. The maximum atomic E-state index is 8.64. The molecule has 1 saturated heterocycles. The van der Waals surface area contributed by atoms with E-state index in [-0.39, 0.29) is 25.3 Å². The average molecular weight is 131 g/mol. The Labute approximate surface area is 54.7 Å². The van der Waals surface area contributed by atoms with Gasteiger partial charge in [-0.25, -0.2) is 0 Å². The summed E-state index contributed by atoms with van der Waals surface area (Å²) in [4.78, 5) is 0. The molecule has 1 aliphatic rings. The molecule has 0 aromatic rings. The molecule has 1 aliphatic heterocycles. The molecule has 0 saturated carbocycles. The minimum atomic E-state index is 0.191. The first kappa shape index (κ1) is 6.99. The van der Waals surface area contributed by atoms with Crippen LogP contribution in [0.5, 0.6) is 0 Å². The van der Waals surface area contributed by atoms with E-state index >= 15 is 0 Å². The Bertz CT molecular complexity index is 77.1. The highest BCUT2D eigenvalue weighted by Gasteiger charge is 2.21. The smallest absolute Gasteiger partial charge is 0.0584 e. The van der Waals surface area contributed by atoms with Crippen LogP contribution < -0.4 is 5.32 Å². The van der Waals surface area contributed by atoms with Gasteiger partial charge in [0.1, 0.15) is 0 Å². The van der Waals surface area contributed by atoms with Crippen molar-refractivity contribution >= 4 is 0 Å². The quantitative estimate of drug-likeness (QED) is 0.455. The van der Waals surface area contributed by atoms with Gasteiger partial charge < -0.3 is 15.5 Å². The van der Waals surface area contributed by atoms with Gasteiger partial charge in [0.15, 0.2) is 0 Å². The number of aliphatic hydroxyl groups excluding tert-OH is 2. The van der Waals surface area contributed by atoms with Gasteiger partial charge in [-0.1, -0.05) is 0 Å². The van der Waals surface area contributed by atoms with Crippen molar-refractivity contribution in [1.29, 1.82) is 0 Å². The van der Waals surface area contributed by atoms with E-state index in [9.17, 15) is 0 Å². The lowest BCUT2D eigenvalue weighted by atomic mass is 10.2. The molecule has 0 aromatic heterocycles. The van der Waals surface area contributed by atoms with E-state index in [2.05, 4.69) is 5.32 Å². The predicted octanol–water partition coefficient (Wildman–Crippen LogP) is -0.908. The molecule has 3 nitrogen and oxygen atoms in total. The summed E-state index contributed by atoms with van der Waals surface area (Å²) < 4.78 is 0. The lowest BCUT2D eigenvalue weighted by molar-refractivity contribution is 0.227. The molecule has 0 spiro atoms. The van der Waals surface area contributed by atoms with Crippen molar-refractivity contribution in [2.24, 2.45) is 0 Å². The minimum Gasteiger partial charge on any atom is -0.395 e. The predicted molar refractivity (Wildman–Crippen MR) is 34.1 cm³/mol. The van der Waals surface area contributed by atoms with Crippen molar-refractivity contribution in [3.63, 3.8) is 0 Å². The third-order valence-electron chi connectivity index (χ3n) is 1.78. The summed E-state index contributed by atoms with van der Waals surface area (Å²) in [7, 11) is 0. The molecule has 0 bridgehead atoms. The van der Waals surface area contributed by atoms with E-state index in [1.165, 1.54) is 0 Å². The van der Waals surface area contributed by atoms with Gasteiger partial charge in [-0.15, -0.1) is 0 Å². The standard InChI is InChI=1S/C6H13NO2/c8-3-5-1-2-6(4-9)7-5/h5-9H,1-4H2/t5-,6-/m1/s1. The van der Waals surface area contributed by atoms with Crippen molar-refractivity contribution in [2.75, 3.05) is 13.2 Å². The molecule has 1 heterocycles. The third-order valence-corrected chi connectivity index (χ3v) is 1.78. The molecule has 0 aliphatic carbocycles. The summed E-state index contributed by atoms with van der Waals surface area (Å²) >= 11 is 0. The Balaban J connectivity index is 2.20. The van der Waals surface area contributed by atoms with Gasteiger partial charge >= 0.3 is 0 Å². The lowest BCUT2D eigenvalue weighted by Gasteiger charge is -2.08. The second-order valence-electron chi connectivity index (χ2n) is 2.50.